The molecule has 0 saturated heterocycles. The zero-order valence-electron chi connectivity index (χ0n) is 13.4. The number of amides is 2. The fourth-order valence-electron chi connectivity index (χ4n) is 2.57. The summed E-state index contributed by atoms with van der Waals surface area (Å²) in [5, 5.41) is 11.6. The topological polar surface area (TPSA) is 86.7 Å². The van der Waals surface area contributed by atoms with Crippen LogP contribution in [-0.2, 0) is 9.59 Å². The third kappa shape index (κ3) is 3.32. The van der Waals surface area contributed by atoms with Crippen LogP contribution >= 0.6 is 34.2 Å². The molecule has 0 radical (unpaired) electrons. The predicted molar refractivity (Wildman–Crippen MR) is 106 cm³/mol. The van der Waals surface area contributed by atoms with E-state index in [1.807, 2.05) is 6.07 Å². The Labute approximate surface area is 167 Å². The van der Waals surface area contributed by atoms with Crippen LogP contribution in [0.5, 0.6) is 0 Å². The van der Waals surface area contributed by atoms with E-state index < -0.39 is 17.8 Å². The summed E-state index contributed by atoms with van der Waals surface area (Å²) in [6.45, 7) is 1.80. The number of imide groups is 1. The van der Waals surface area contributed by atoms with E-state index in [2.05, 4.69) is 27.9 Å². The molecule has 2 amide bonds. The summed E-state index contributed by atoms with van der Waals surface area (Å²) in [6, 6.07) is 11.2. The van der Waals surface area contributed by atoms with Crippen molar-refractivity contribution in [1.82, 2.24) is 0 Å². The maximum absolute atomic E-state index is 12.8. The number of hydrogen-bond donors (Lipinski definition) is 2. The van der Waals surface area contributed by atoms with E-state index in [0.29, 0.717) is 11.4 Å². The minimum atomic E-state index is -1.10. The maximum atomic E-state index is 12.8. The quantitative estimate of drug-likeness (QED) is 0.512. The van der Waals surface area contributed by atoms with Gasteiger partial charge in [0.1, 0.15) is 10.7 Å². The fourth-order valence-corrected chi connectivity index (χ4v) is 3.43. The number of aryl methyl sites for hydroxylation is 1. The average molecular weight is 483 g/mol. The Morgan fingerprint density at radius 3 is 2.54 bits per heavy atom. The van der Waals surface area contributed by atoms with Crippen LogP contribution in [0.3, 0.4) is 0 Å². The molecule has 8 heteroatoms. The van der Waals surface area contributed by atoms with Crippen molar-refractivity contribution in [3.63, 3.8) is 0 Å². The average Bonchev–Trinajstić information content (AvgIpc) is 2.79. The SMILES string of the molecule is Cc1cc(I)ccc1N1C(=O)C(Cl)=C(Nc2cccc(C(=O)O)c2)C1=O. The summed E-state index contributed by atoms with van der Waals surface area (Å²) < 4.78 is 0.978. The number of rotatable bonds is 4. The van der Waals surface area contributed by atoms with Gasteiger partial charge >= 0.3 is 5.97 Å². The lowest BCUT2D eigenvalue weighted by Crippen LogP contribution is -2.32. The van der Waals surface area contributed by atoms with Crippen LogP contribution in [0.4, 0.5) is 11.4 Å². The summed E-state index contributed by atoms with van der Waals surface area (Å²) in [4.78, 5) is 37.4. The molecular formula is C18H12ClIN2O4. The number of carbonyl (C=O) groups excluding carboxylic acids is 2. The highest BCUT2D eigenvalue weighted by atomic mass is 127. The molecule has 0 spiro atoms. The van der Waals surface area contributed by atoms with Crippen LogP contribution in [0.25, 0.3) is 0 Å². The summed E-state index contributed by atoms with van der Waals surface area (Å²) in [5.74, 6) is -2.32. The molecule has 6 nitrogen and oxygen atoms in total. The van der Waals surface area contributed by atoms with Crippen LogP contribution in [0.1, 0.15) is 15.9 Å². The second-order valence-corrected chi connectivity index (χ2v) is 7.20. The van der Waals surface area contributed by atoms with Crippen LogP contribution in [-0.4, -0.2) is 22.9 Å². The van der Waals surface area contributed by atoms with Gasteiger partial charge in [-0.1, -0.05) is 17.7 Å². The zero-order chi connectivity index (χ0) is 19.0. The molecule has 2 N–H and O–H groups in total. The highest BCUT2D eigenvalue weighted by Crippen LogP contribution is 2.32. The number of nitrogens with one attached hydrogen (secondary N) is 1. The molecule has 26 heavy (non-hydrogen) atoms. The van der Waals surface area contributed by atoms with Crippen molar-refractivity contribution in [2.75, 3.05) is 10.2 Å². The Morgan fingerprint density at radius 2 is 1.88 bits per heavy atom. The lowest BCUT2D eigenvalue weighted by atomic mass is 10.2. The molecule has 0 aliphatic carbocycles. The number of hydrogen-bond acceptors (Lipinski definition) is 4. The molecule has 3 rings (SSSR count). The molecule has 2 aromatic rings. The van der Waals surface area contributed by atoms with Gasteiger partial charge in [-0.3, -0.25) is 9.59 Å². The minimum absolute atomic E-state index is 0.0498. The third-order valence-corrected chi connectivity index (χ3v) is 4.83. The number of aromatic carboxylic acids is 1. The molecule has 1 aliphatic rings. The molecule has 0 unspecified atom stereocenters. The standard InChI is InChI=1S/C18H12ClIN2O4/c1-9-7-11(20)5-6-13(9)22-16(23)14(19)15(17(22)24)21-12-4-2-3-10(8-12)18(25)26/h2-8,21H,1H3,(H,25,26). The van der Waals surface area contributed by atoms with Gasteiger partial charge in [0.05, 0.1) is 11.3 Å². The summed E-state index contributed by atoms with van der Waals surface area (Å²) in [6.07, 6.45) is 0. The molecule has 0 saturated carbocycles. The Bertz CT molecular complexity index is 987. The highest BCUT2D eigenvalue weighted by molar-refractivity contribution is 14.1. The first-order valence-electron chi connectivity index (χ1n) is 7.44. The van der Waals surface area contributed by atoms with Gasteiger partial charge < -0.3 is 10.4 Å². The summed E-state index contributed by atoms with van der Waals surface area (Å²) >= 11 is 8.23. The Kier molecular flexibility index (Phi) is 5.01. The van der Waals surface area contributed by atoms with Crippen LogP contribution in [0.2, 0.25) is 0 Å². The lowest BCUT2D eigenvalue weighted by Gasteiger charge is -2.17. The molecule has 1 heterocycles. The second kappa shape index (κ2) is 7.08. The Balaban J connectivity index is 1.94. The van der Waals surface area contributed by atoms with Crippen molar-refractivity contribution >= 4 is 63.4 Å². The van der Waals surface area contributed by atoms with Crippen molar-refractivity contribution in [2.24, 2.45) is 0 Å². The normalized spacial score (nSPS) is 14.2. The third-order valence-electron chi connectivity index (χ3n) is 3.81. The molecule has 0 aromatic heterocycles. The summed E-state index contributed by atoms with van der Waals surface area (Å²) in [7, 11) is 0. The van der Waals surface area contributed by atoms with Gasteiger partial charge in [0.15, 0.2) is 0 Å². The minimum Gasteiger partial charge on any atom is -0.478 e. The number of carboxylic acids is 1. The van der Waals surface area contributed by atoms with E-state index in [4.69, 9.17) is 16.7 Å². The Morgan fingerprint density at radius 1 is 1.15 bits per heavy atom. The van der Waals surface area contributed by atoms with Crippen molar-refractivity contribution in [3.05, 3.63) is 67.9 Å². The smallest absolute Gasteiger partial charge is 0.335 e. The number of anilines is 2. The van der Waals surface area contributed by atoms with Crippen molar-refractivity contribution in [3.8, 4) is 0 Å². The second-order valence-electron chi connectivity index (χ2n) is 5.58. The van der Waals surface area contributed by atoms with E-state index in [1.54, 1.807) is 25.1 Å². The van der Waals surface area contributed by atoms with Crippen LogP contribution in [0.15, 0.2) is 53.2 Å². The monoisotopic (exact) mass is 482 g/mol. The molecule has 0 bridgehead atoms. The van der Waals surface area contributed by atoms with Crippen molar-refractivity contribution in [1.29, 1.82) is 0 Å². The van der Waals surface area contributed by atoms with Gasteiger partial charge in [0.25, 0.3) is 11.8 Å². The van der Waals surface area contributed by atoms with Gasteiger partial charge in [-0.25, -0.2) is 9.69 Å². The van der Waals surface area contributed by atoms with Gasteiger partial charge in [-0.05, 0) is 71.5 Å². The number of carboxylic acid groups (broad SMARTS) is 1. The van der Waals surface area contributed by atoms with Crippen molar-refractivity contribution in [2.45, 2.75) is 6.92 Å². The van der Waals surface area contributed by atoms with Crippen LogP contribution < -0.4 is 10.2 Å². The van der Waals surface area contributed by atoms with E-state index in [1.165, 1.54) is 18.2 Å². The first kappa shape index (κ1) is 18.4. The zero-order valence-corrected chi connectivity index (χ0v) is 16.3. The van der Waals surface area contributed by atoms with E-state index in [-0.39, 0.29) is 16.3 Å². The largest absolute Gasteiger partial charge is 0.478 e. The van der Waals surface area contributed by atoms with Gasteiger partial charge in [-0.15, -0.1) is 0 Å². The lowest BCUT2D eigenvalue weighted by molar-refractivity contribution is -0.120. The number of nitrogens with zero attached hydrogens (tertiary/aromatic N) is 1. The maximum Gasteiger partial charge on any atom is 0.335 e. The fraction of sp³-hybridized carbons (Fsp3) is 0.0556. The highest BCUT2D eigenvalue weighted by Gasteiger charge is 2.39. The van der Waals surface area contributed by atoms with Gasteiger partial charge in [0, 0.05) is 9.26 Å². The van der Waals surface area contributed by atoms with E-state index in [9.17, 15) is 14.4 Å². The van der Waals surface area contributed by atoms with Crippen molar-refractivity contribution < 1.29 is 19.5 Å². The molecular weight excluding hydrogens is 471 g/mol. The first-order chi connectivity index (χ1) is 12.3. The van der Waals surface area contributed by atoms with Crippen LogP contribution in [0, 0.1) is 10.5 Å². The predicted octanol–water partition coefficient (Wildman–Crippen LogP) is 3.73. The number of halogens is 2. The van der Waals surface area contributed by atoms with Gasteiger partial charge in [-0.2, -0.15) is 0 Å². The van der Waals surface area contributed by atoms with Gasteiger partial charge in [0.2, 0.25) is 0 Å². The van der Waals surface area contributed by atoms with E-state index >= 15 is 0 Å². The van der Waals surface area contributed by atoms with E-state index in [0.717, 1.165) is 14.0 Å². The molecule has 132 valence electrons. The summed E-state index contributed by atoms with van der Waals surface area (Å²) in [5.41, 5.74) is 1.53. The molecule has 0 atom stereocenters. The molecule has 2 aromatic carbocycles. The molecule has 0 fully saturated rings. The first-order valence-corrected chi connectivity index (χ1v) is 8.90. The number of carbonyl (C=O) groups is 3. The number of benzene rings is 2. The molecule has 1 aliphatic heterocycles. The Hall–Kier alpha value is -2.39.